The van der Waals surface area contributed by atoms with Gasteiger partial charge in [-0.25, -0.2) is 4.39 Å². The third-order valence-corrected chi connectivity index (χ3v) is 2.12. The Kier molecular flexibility index (Phi) is 3.54. The average Bonchev–Trinajstić information content (AvgIpc) is 2.09. The lowest BCUT2D eigenvalue weighted by molar-refractivity contribution is -0.154. The molecule has 0 aliphatic rings. The van der Waals surface area contributed by atoms with Crippen LogP contribution >= 0.6 is 11.6 Å². The molecule has 0 heterocycles. The number of rotatable bonds is 3. The van der Waals surface area contributed by atoms with Crippen LogP contribution in [0.1, 0.15) is 13.8 Å². The molecule has 0 amide bonds. The Morgan fingerprint density at radius 2 is 2.00 bits per heavy atom. The van der Waals surface area contributed by atoms with Crippen LogP contribution in [0, 0.1) is 5.82 Å². The van der Waals surface area contributed by atoms with Gasteiger partial charge in [-0.05, 0) is 32.0 Å². The summed E-state index contributed by atoms with van der Waals surface area (Å²) in [7, 11) is 0. The molecule has 2 N–H and O–H groups in total. The molecule has 15 heavy (non-hydrogen) atoms. The second-order valence-corrected chi connectivity index (χ2v) is 4.09. The van der Waals surface area contributed by atoms with Crippen molar-refractivity contribution in [3.05, 3.63) is 29.0 Å². The Morgan fingerprint density at radius 1 is 1.40 bits per heavy atom. The lowest BCUT2D eigenvalue weighted by atomic mass is 10.1. The van der Waals surface area contributed by atoms with Crippen LogP contribution in [0.15, 0.2) is 18.2 Å². The van der Waals surface area contributed by atoms with Crippen LogP contribution in [-0.4, -0.2) is 22.1 Å². The molecule has 0 radical (unpaired) electrons. The Hall–Kier alpha value is -0.840. The number of hydrogen-bond donors (Lipinski definition) is 2. The van der Waals surface area contributed by atoms with E-state index in [1.807, 2.05) is 0 Å². The molecule has 0 saturated heterocycles. The highest BCUT2D eigenvalue weighted by Crippen LogP contribution is 2.25. The molecule has 0 unspecified atom stereocenters. The smallest absolute Gasteiger partial charge is 0.192 e. The van der Waals surface area contributed by atoms with E-state index in [0.29, 0.717) is 0 Å². The molecule has 0 aliphatic heterocycles. The zero-order valence-corrected chi connectivity index (χ0v) is 9.12. The molecule has 0 atom stereocenters. The van der Waals surface area contributed by atoms with E-state index in [0.717, 1.165) is 6.07 Å². The van der Waals surface area contributed by atoms with Crippen molar-refractivity contribution in [2.75, 3.05) is 0 Å². The maximum absolute atomic E-state index is 13.3. The number of benzene rings is 1. The third-order valence-electron chi connectivity index (χ3n) is 1.89. The molecule has 1 aromatic rings. The van der Waals surface area contributed by atoms with Gasteiger partial charge in [-0.3, -0.25) is 0 Å². The zero-order chi connectivity index (χ0) is 11.6. The van der Waals surface area contributed by atoms with E-state index < -0.39 is 17.7 Å². The normalized spacial score (nSPS) is 11.9. The van der Waals surface area contributed by atoms with Gasteiger partial charge in [0.15, 0.2) is 23.5 Å². The first-order valence-corrected chi connectivity index (χ1v) is 4.71. The summed E-state index contributed by atoms with van der Waals surface area (Å²) in [5.41, 5.74) is -1.28. The Balaban J connectivity index is 2.90. The minimum absolute atomic E-state index is 0.0718. The highest BCUT2D eigenvalue weighted by Gasteiger charge is 2.29. The first-order valence-electron chi connectivity index (χ1n) is 4.33. The van der Waals surface area contributed by atoms with E-state index in [2.05, 4.69) is 0 Å². The first-order chi connectivity index (χ1) is 6.83. The molecule has 0 saturated carbocycles. The van der Waals surface area contributed by atoms with Crippen LogP contribution < -0.4 is 4.74 Å². The van der Waals surface area contributed by atoms with E-state index in [1.54, 1.807) is 0 Å². The Bertz CT molecular complexity index is 353. The lowest BCUT2D eigenvalue weighted by Crippen LogP contribution is -2.41. The topological polar surface area (TPSA) is 49.7 Å². The second-order valence-electron chi connectivity index (χ2n) is 3.65. The van der Waals surface area contributed by atoms with Crippen molar-refractivity contribution < 1.29 is 19.3 Å². The number of ether oxygens (including phenoxy) is 1. The summed E-state index contributed by atoms with van der Waals surface area (Å²) < 4.78 is 18.4. The molecule has 1 aromatic carbocycles. The van der Waals surface area contributed by atoms with Gasteiger partial charge in [0.2, 0.25) is 0 Å². The van der Waals surface area contributed by atoms with E-state index in [4.69, 9.17) is 26.6 Å². The van der Waals surface area contributed by atoms with Crippen molar-refractivity contribution in [2.45, 2.75) is 25.7 Å². The molecule has 0 aromatic heterocycles. The maximum atomic E-state index is 13.3. The van der Waals surface area contributed by atoms with Crippen LogP contribution in [0.2, 0.25) is 5.02 Å². The minimum Gasteiger partial charge on any atom is -0.479 e. The lowest BCUT2D eigenvalue weighted by Gasteiger charge is -2.28. The van der Waals surface area contributed by atoms with Crippen molar-refractivity contribution in [2.24, 2.45) is 0 Å². The van der Waals surface area contributed by atoms with Gasteiger partial charge in [-0.1, -0.05) is 11.6 Å². The van der Waals surface area contributed by atoms with Crippen molar-refractivity contribution >= 4 is 11.6 Å². The Labute approximate surface area is 92.1 Å². The van der Waals surface area contributed by atoms with Crippen LogP contribution in [0.5, 0.6) is 5.75 Å². The van der Waals surface area contributed by atoms with Gasteiger partial charge >= 0.3 is 0 Å². The molecule has 0 fully saturated rings. The summed E-state index contributed by atoms with van der Waals surface area (Å²) in [5, 5.41) is 18.2. The third kappa shape index (κ3) is 3.06. The summed E-state index contributed by atoms with van der Waals surface area (Å²) in [4.78, 5) is 0. The molecule has 5 heteroatoms. The van der Waals surface area contributed by atoms with Crippen molar-refractivity contribution in [1.82, 2.24) is 0 Å². The fourth-order valence-corrected chi connectivity index (χ4v) is 1.05. The zero-order valence-electron chi connectivity index (χ0n) is 8.37. The summed E-state index contributed by atoms with van der Waals surface area (Å²) in [6.45, 7) is 2.87. The summed E-state index contributed by atoms with van der Waals surface area (Å²) in [6, 6.07) is 3.89. The average molecular weight is 235 g/mol. The fourth-order valence-electron chi connectivity index (χ4n) is 0.894. The largest absolute Gasteiger partial charge is 0.479 e. The molecule has 3 nitrogen and oxygen atoms in total. The number of aliphatic hydroxyl groups excluding tert-OH is 1. The maximum Gasteiger partial charge on any atom is 0.192 e. The number of halogens is 2. The fraction of sp³-hybridized carbons (Fsp3) is 0.400. The van der Waals surface area contributed by atoms with Crippen LogP contribution in [-0.2, 0) is 0 Å². The van der Waals surface area contributed by atoms with Gasteiger partial charge < -0.3 is 14.9 Å². The van der Waals surface area contributed by atoms with E-state index in [9.17, 15) is 4.39 Å². The van der Waals surface area contributed by atoms with Gasteiger partial charge in [-0.15, -0.1) is 0 Å². The molecule has 1 rings (SSSR count). The van der Waals surface area contributed by atoms with Gasteiger partial charge in [-0.2, -0.15) is 0 Å². The SMILES string of the molecule is CC(C)(Oc1ccc(Cl)cc1F)C(O)O. The van der Waals surface area contributed by atoms with E-state index in [1.165, 1.54) is 26.0 Å². The van der Waals surface area contributed by atoms with Crippen molar-refractivity contribution in [3.63, 3.8) is 0 Å². The predicted octanol–water partition coefficient (Wildman–Crippen LogP) is 1.95. The van der Waals surface area contributed by atoms with Crippen LogP contribution in [0.25, 0.3) is 0 Å². The molecule has 84 valence electrons. The monoisotopic (exact) mass is 234 g/mol. The molecule has 0 spiro atoms. The van der Waals surface area contributed by atoms with Gasteiger partial charge in [0.05, 0.1) is 0 Å². The first kappa shape index (κ1) is 12.2. The standard InChI is InChI=1S/C10H12ClFO3/c1-10(2,9(13)14)15-8-4-3-6(11)5-7(8)12/h3-5,9,13-14H,1-2H3. The highest BCUT2D eigenvalue weighted by atomic mass is 35.5. The van der Waals surface area contributed by atoms with Gasteiger partial charge in [0.25, 0.3) is 0 Å². The van der Waals surface area contributed by atoms with Crippen LogP contribution in [0.4, 0.5) is 4.39 Å². The highest BCUT2D eigenvalue weighted by molar-refractivity contribution is 6.30. The molecular formula is C10H12ClFO3. The quantitative estimate of drug-likeness (QED) is 0.786. The molecule has 0 bridgehead atoms. The predicted molar refractivity (Wildman–Crippen MR) is 54.3 cm³/mol. The summed E-state index contributed by atoms with van der Waals surface area (Å²) >= 11 is 5.56. The molecule has 0 aliphatic carbocycles. The minimum atomic E-state index is -1.70. The Morgan fingerprint density at radius 3 is 2.47 bits per heavy atom. The van der Waals surface area contributed by atoms with Crippen LogP contribution in [0.3, 0.4) is 0 Å². The number of hydrogen-bond acceptors (Lipinski definition) is 3. The van der Waals surface area contributed by atoms with Crippen molar-refractivity contribution in [1.29, 1.82) is 0 Å². The molecular weight excluding hydrogens is 223 g/mol. The summed E-state index contributed by atoms with van der Waals surface area (Å²) in [6.07, 6.45) is -1.70. The summed E-state index contributed by atoms with van der Waals surface area (Å²) in [5.74, 6) is -0.714. The van der Waals surface area contributed by atoms with Gasteiger partial charge in [0.1, 0.15) is 0 Å². The number of aliphatic hydroxyl groups is 2. The van der Waals surface area contributed by atoms with Crippen molar-refractivity contribution in [3.8, 4) is 5.75 Å². The second kappa shape index (κ2) is 4.35. The van der Waals surface area contributed by atoms with E-state index >= 15 is 0 Å². The van der Waals surface area contributed by atoms with Gasteiger partial charge in [0, 0.05) is 5.02 Å². The van der Waals surface area contributed by atoms with E-state index in [-0.39, 0.29) is 10.8 Å².